The van der Waals surface area contributed by atoms with E-state index in [1.165, 1.54) is 44.8 Å². The number of fused-ring (bicyclic) bond motifs is 1. The van der Waals surface area contributed by atoms with E-state index in [1.807, 2.05) is 13.0 Å². The summed E-state index contributed by atoms with van der Waals surface area (Å²) in [4.78, 5) is 19.1. The summed E-state index contributed by atoms with van der Waals surface area (Å²) in [6.07, 6.45) is 0. The Morgan fingerprint density at radius 1 is 1.00 bits per heavy atom. The molecule has 4 aromatic rings. The van der Waals surface area contributed by atoms with E-state index >= 15 is 0 Å². The fourth-order valence-corrected chi connectivity index (χ4v) is 4.59. The van der Waals surface area contributed by atoms with E-state index in [4.69, 9.17) is 24.9 Å². The summed E-state index contributed by atoms with van der Waals surface area (Å²) >= 11 is 1.21. The van der Waals surface area contributed by atoms with Crippen LogP contribution in [0.1, 0.15) is 20.8 Å². The number of halogens is 1. The van der Waals surface area contributed by atoms with Crippen LogP contribution in [0, 0.1) is 12.7 Å². The summed E-state index contributed by atoms with van der Waals surface area (Å²) in [5.74, 6) is 0.568. The number of ether oxygens (including phenoxy) is 3. The molecule has 4 rings (SSSR count). The van der Waals surface area contributed by atoms with E-state index in [-0.39, 0.29) is 11.6 Å². The van der Waals surface area contributed by atoms with Gasteiger partial charge in [-0.05, 0) is 55.0 Å². The fourth-order valence-electron chi connectivity index (χ4n) is 3.55. The van der Waals surface area contributed by atoms with E-state index in [9.17, 15) is 9.18 Å². The van der Waals surface area contributed by atoms with Crippen LogP contribution >= 0.6 is 11.3 Å². The van der Waals surface area contributed by atoms with Crippen molar-refractivity contribution in [2.75, 3.05) is 27.1 Å². The molecule has 0 bridgehead atoms. The number of ketones is 1. The van der Waals surface area contributed by atoms with Crippen molar-refractivity contribution in [3.63, 3.8) is 0 Å². The first-order chi connectivity index (χ1) is 15.4. The van der Waals surface area contributed by atoms with Crippen LogP contribution in [-0.2, 0) is 0 Å². The number of carbonyl (C=O) groups excluding carboxylic acids is 1. The van der Waals surface area contributed by atoms with Gasteiger partial charge in [0.05, 0.1) is 32.7 Å². The summed E-state index contributed by atoms with van der Waals surface area (Å²) in [7, 11) is 4.48. The molecular formula is C24H21FN2O4S. The third-order valence-corrected chi connectivity index (χ3v) is 6.28. The van der Waals surface area contributed by atoms with Crippen LogP contribution in [0.5, 0.6) is 17.2 Å². The second kappa shape index (κ2) is 8.47. The Hall–Kier alpha value is -3.65. The predicted molar refractivity (Wildman–Crippen MR) is 124 cm³/mol. The molecule has 0 aliphatic carbocycles. The van der Waals surface area contributed by atoms with E-state index in [0.29, 0.717) is 49.3 Å². The van der Waals surface area contributed by atoms with Crippen LogP contribution in [0.4, 0.5) is 10.1 Å². The summed E-state index contributed by atoms with van der Waals surface area (Å²) in [5, 5.41) is 0.703. The monoisotopic (exact) mass is 452 g/mol. The lowest BCUT2D eigenvalue weighted by molar-refractivity contribution is 0.104. The minimum atomic E-state index is -0.314. The van der Waals surface area contributed by atoms with Gasteiger partial charge in [0.15, 0.2) is 11.5 Å². The minimum absolute atomic E-state index is 0.272. The summed E-state index contributed by atoms with van der Waals surface area (Å²) < 4.78 is 29.4. The molecule has 0 saturated heterocycles. The van der Waals surface area contributed by atoms with Crippen LogP contribution in [0.15, 0.2) is 42.5 Å². The first kappa shape index (κ1) is 21.6. The molecule has 0 amide bonds. The Balaban J connectivity index is 1.82. The Kier molecular flexibility index (Phi) is 5.71. The Labute approximate surface area is 188 Å². The number of thiophene rings is 1. The van der Waals surface area contributed by atoms with Crippen molar-refractivity contribution in [1.29, 1.82) is 0 Å². The normalized spacial score (nSPS) is 10.9. The number of anilines is 1. The Bertz CT molecular complexity index is 1310. The summed E-state index contributed by atoms with van der Waals surface area (Å²) in [6, 6.07) is 11.2. The molecule has 0 fully saturated rings. The van der Waals surface area contributed by atoms with Crippen LogP contribution in [0.25, 0.3) is 21.5 Å². The highest BCUT2D eigenvalue weighted by Crippen LogP contribution is 2.41. The van der Waals surface area contributed by atoms with E-state index < -0.39 is 0 Å². The van der Waals surface area contributed by atoms with Gasteiger partial charge in [0, 0.05) is 16.5 Å². The van der Waals surface area contributed by atoms with Gasteiger partial charge >= 0.3 is 0 Å². The van der Waals surface area contributed by atoms with Gasteiger partial charge in [-0.15, -0.1) is 11.3 Å². The molecule has 0 spiro atoms. The minimum Gasteiger partial charge on any atom is -0.493 e. The van der Waals surface area contributed by atoms with Crippen molar-refractivity contribution >= 4 is 33.0 Å². The van der Waals surface area contributed by atoms with E-state index in [1.54, 1.807) is 24.3 Å². The number of nitrogens with zero attached hydrogens (tertiary/aromatic N) is 1. The second-order valence-corrected chi connectivity index (χ2v) is 8.10. The third-order valence-electron chi connectivity index (χ3n) is 5.16. The molecule has 8 heteroatoms. The molecule has 2 aromatic heterocycles. The lowest BCUT2D eigenvalue weighted by Gasteiger charge is -2.13. The highest BCUT2D eigenvalue weighted by molar-refractivity contribution is 7.21. The number of aryl methyl sites for hydroxylation is 1. The molecule has 2 N–H and O–H groups in total. The first-order valence-corrected chi connectivity index (χ1v) is 10.5. The van der Waals surface area contributed by atoms with E-state index in [2.05, 4.69) is 0 Å². The van der Waals surface area contributed by atoms with Crippen LogP contribution in [0.2, 0.25) is 0 Å². The Morgan fingerprint density at radius 2 is 1.62 bits per heavy atom. The molecule has 32 heavy (non-hydrogen) atoms. The van der Waals surface area contributed by atoms with Gasteiger partial charge in [0.1, 0.15) is 15.5 Å². The highest BCUT2D eigenvalue weighted by atomic mass is 32.1. The zero-order chi connectivity index (χ0) is 23.0. The third kappa shape index (κ3) is 3.62. The first-order valence-electron chi connectivity index (χ1n) is 9.68. The smallest absolute Gasteiger partial charge is 0.205 e. The molecule has 0 aliphatic rings. The number of carbonyl (C=O) groups is 1. The Morgan fingerprint density at radius 3 is 2.19 bits per heavy atom. The number of aromatic nitrogens is 1. The van der Waals surface area contributed by atoms with Crippen molar-refractivity contribution < 1.29 is 23.4 Å². The fraction of sp³-hybridized carbons (Fsp3) is 0.167. The van der Waals surface area contributed by atoms with Gasteiger partial charge in [0.25, 0.3) is 0 Å². The predicted octanol–water partition coefficient (Wildman–Crippen LogP) is 5.25. The van der Waals surface area contributed by atoms with Crippen molar-refractivity contribution in [2.45, 2.75) is 6.92 Å². The average Bonchev–Trinajstić information content (AvgIpc) is 3.12. The molecule has 0 unspecified atom stereocenters. The van der Waals surface area contributed by atoms with Crippen molar-refractivity contribution in [2.24, 2.45) is 0 Å². The maximum Gasteiger partial charge on any atom is 0.205 e. The summed E-state index contributed by atoms with van der Waals surface area (Å²) in [5.41, 5.74) is 9.46. The molecular weight excluding hydrogens is 431 g/mol. The number of rotatable bonds is 6. The van der Waals surface area contributed by atoms with Crippen molar-refractivity contribution in [1.82, 2.24) is 4.98 Å². The molecule has 0 atom stereocenters. The SMILES string of the molecule is COc1cc(C(=O)c2sc3nc(-c4ccc(F)cc4)c(C)cc3c2N)cc(OC)c1OC. The lowest BCUT2D eigenvalue weighted by Crippen LogP contribution is -2.04. The van der Waals surface area contributed by atoms with Gasteiger partial charge < -0.3 is 19.9 Å². The second-order valence-electron chi connectivity index (χ2n) is 7.10. The van der Waals surface area contributed by atoms with Crippen molar-refractivity contribution in [3.05, 3.63) is 64.3 Å². The summed E-state index contributed by atoms with van der Waals surface area (Å²) in [6.45, 7) is 1.91. The van der Waals surface area contributed by atoms with Crippen LogP contribution in [-0.4, -0.2) is 32.1 Å². The maximum absolute atomic E-state index is 13.4. The van der Waals surface area contributed by atoms with Gasteiger partial charge in [0.2, 0.25) is 11.5 Å². The molecule has 6 nitrogen and oxygen atoms in total. The highest BCUT2D eigenvalue weighted by Gasteiger charge is 2.23. The molecule has 2 aromatic carbocycles. The van der Waals surface area contributed by atoms with Crippen LogP contribution in [0.3, 0.4) is 0 Å². The molecule has 0 aliphatic heterocycles. The lowest BCUT2D eigenvalue weighted by atomic mass is 10.0. The molecule has 2 heterocycles. The number of pyridine rings is 1. The van der Waals surface area contributed by atoms with Crippen molar-refractivity contribution in [3.8, 4) is 28.5 Å². The van der Waals surface area contributed by atoms with Crippen LogP contribution < -0.4 is 19.9 Å². The van der Waals surface area contributed by atoms with Gasteiger partial charge in [-0.2, -0.15) is 0 Å². The topological polar surface area (TPSA) is 83.7 Å². The van der Waals surface area contributed by atoms with Gasteiger partial charge in [-0.1, -0.05) is 0 Å². The number of nitrogen functional groups attached to an aromatic ring is 1. The largest absolute Gasteiger partial charge is 0.493 e. The van der Waals surface area contributed by atoms with Gasteiger partial charge in [-0.25, -0.2) is 9.37 Å². The quantitative estimate of drug-likeness (QED) is 0.402. The number of hydrogen-bond donors (Lipinski definition) is 1. The van der Waals surface area contributed by atoms with Gasteiger partial charge in [-0.3, -0.25) is 4.79 Å². The number of nitrogens with two attached hydrogens (primary N) is 1. The molecule has 0 radical (unpaired) electrons. The average molecular weight is 453 g/mol. The van der Waals surface area contributed by atoms with E-state index in [0.717, 1.165) is 11.1 Å². The zero-order valence-corrected chi connectivity index (χ0v) is 18.8. The zero-order valence-electron chi connectivity index (χ0n) is 18.0. The number of benzene rings is 2. The molecule has 164 valence electrons. The maximum atomic E-state index is 13.4. The molecule has 0 saturated carbocycles. The number of methoxy groups -OCH3 is 3. The standard InChI is InChI=1S/C24H21FN2O4S/c1-12-9-16-19(26)23(32-24(16)27-20(12)13-5-7-15(25)8-6-13)21(28)14-10-17(29-2)22(31-4)18(11-14)30-3/h5-11H,26H2,1-4H3. The number of hydrogen-bond acceptors (Lipinski definition) is 7.